The lowest BCUT2D eigenvalue weighted by Gasteiger charge is -2.15. The first kappa shape index (κ1) is 13.6. The molecule has 0 bridgehead atoms. The Morgan fingerprint density at radius 1 is 1.15 bits per heavy atom. The molecule has 0 saturated carbocycles. The van der Waals surface area contributed by atoms with Gasteiger partial charge in [0.25, 0.3) is 0 Å². The number of halogens is 2. The highest BCUT2D eigenvalue weighted by Crippen LogP contribution is 2.31. The summed E-state index contributed by atoms with van der Waals surface area (Å²) in [5, 5.41) is 4.02. The van der Waals surface area contributed by atoms with E-state index >= 15 is 0 Å². The SMILES string of the molecule is CNC(c1cc2cccc(F)c2o1)c1ccccc1I. The maximum absolute atomic E-state index is 13.7. The fraction of sp³-hybridized carbons (Fsp3) is 0.125. The number of rotatable bonds is 3. The van der Waals surface area contributed by atoms with Crippen molar-refractivity contribution in [2.24, 2.45) is 0 Å². The number of furan rings is 1. The van der Waals surface area contributed by atoms with E-state index in [0.717, 1.165) is 20.3 Å². The van der Waals surface area contributed by atoms with E-state index in [0.29, 0.717) is 5.58 Å². The molecule has 20 heavy (non-hydrogen) atoms. The number of benzene rings is 2. The van der Waals surface area contributed by atoms with E-state index in [2.05, 4.69) is 27.9 Å². The Hall–Kier alpha value is -1.40. The lowest BCUT2D eigenvalue weighted by molar-refractivity contribution is 0.476. The van der Waals surface area contributed by atoms with Gasteiger partial charge in [0.05, 0.1) is 6.04 Å². The summed E-state index contributed by atoms with van der Waals surface area (Å²) in [6, 6.07) is 14.8. The van der Waals surface area contributed by atoms with E-state index in [1.807, 2.05) is 43.4 Å². The predicted molar refractivity (Wildman–Crippen MR) is 86.2 cm³/mol. The van der Waals surface area contributed by atoms with Crippen molar-refractivity contribution < 1.29 is 8.81 Å². The van der Waals surface area contributed by atoms with Crippen molar-refractivity contribution in [2.45, 2.75) is 6.04 Å². The highest BCUT2D eigenvalue weighted by Gasteiger charge is 2.19. The third kappa shape index (κ3) is 2.33. The molecule has 0 aliphatic heterocycles. The Balaban J connectivity index is 2.12. The molecule has 0 spiro atoms. The normalized spacial score (nSPS) is 12.8. The second-order valence-electron chi connectivity index (χ2n) is 4.55. The molecule has 4 heteroatoms. The summed E-state index contributed by atoms with van der Waals surface area (Å²) in [5.41, 5.74) is 1.43. The summed E-state index contributed by atoms with van der Waals surface area (Å²) >= 11 is 2.30. The van der Waals surface area contributed by atoms with Crippen LogP contribution in [-0.2, 0) is 0 Å². The van der Waals surface area contributed by atoms with Gasteiger partial charge < -0.3 is 9.73 Å². The summed E-state index contributed by atoms with van der Waals surface area (Å²) in [6.07, 6.45) is 0. The summed E-state index contributed by atoms with van der Waals surface area (Å²) in [6.45, 7) is 0. The molecule has 1 aromatic heterocycles. The third-order valence-corrected chi connectivity index (χ3v) is 4.29. The summed E-state index contributed by atoms with van der Waals surface area (Å²) in [5.74, 6) is 0.392. The molecule has 2 aromatic carbocycles. The topological polar surface area (TPSA) is 25.2 Å². The first-order chi connectivity index (χ1) is 9.70. The highest BCUT2D eigenvalue weighted by molar-refractivity contribution is 14.1. The van der Waals surface area contributed by atoms with Crippen LogP contribution in [0.2, 0.25) is 0 Å². The minimum atomic E-state index is -0.327. The van der Waals surface area contributed by atoms with E-state index in [1.54, 1.807) is 6.07 Å². The van der Waals surface area contributed by atoms with Crippen LogP contribution in [0.25, 0.3) is 11.0 Å². The van der Waals surface area contributed by atoms with Gasteiger partial charge in [-0.3, -0.25) is 0 Å². The Morgan fingerprint density at radius 3 is 2.65 bits per heavy atom. The van der Waals surface area contributed by atoms with Gasteiger partial charge in [0.15, 0.2) is 11.4 Å². The van der Waals surface area contributed by atoms with Crippen LogP contribution in [0.5, 0.6) is 0 Å². The van der Waals surface area contributed by atoms with Crippen molar-refractivity contribution in [2.75, 3.05) is 7.05 Å². The molecule has 2 nitrogen and oxygen atoms in total. The van der Waals surface area contributed by atoms with Gasteiger partial charge in [-0.25, -0.2) is 4.39 Å². The van der Waals surface area contributed by atoms with Crippen LogP contribution in [0.4, 0.5) is 4.39 Å². The van der Waals surface area contributed by atoms with E-state index < -0.39 is 0 Å². The smallest absolute Gasteiger partial charge is 0.169 e. The minimum absolute atomic E-state index is 0.0881. The number of nitrogens with one attached hydrogen (secondary N) is 1. The maximum Gasteiger partial charge on any atom is 0.169 e. The molecular weight excluding hydrogens is 368 g/mol. The van der Waals surface area contributed by atoms with Crippen molar-refractivity contribution in [3.05, 3.63) is 69.2 Å². The Bertz CT molecular complexity index is 753. The number of hydrogen-bond acceptors (Lipinski definition) is 2. The molecule has 0 fully saturated rings. The third-order valence-electron chi connectivity index (χ3n) is 3.30. The van der Waals surface area contributed by atoms with E-state index in [-0.39, 0.29) is 11.9 Å². The van der Waals surface area contributed by atoms with E-state index in [4.69, 9.17) is 4.42 Å². The number of para-hydroxylation sites is 1. The fourth-order valence-corrected chi connectivity index (χ4v) is 3.05. The Morgan fingerprint density at radius 2 is 1.95 bits per heavy atom. The molecule has 0 aliphatic rings. The fourth-order valence-electron chi connectivity index (χ4n) is 2.35. The van der Waals surface area contributed by atoms with Gasteiger partial charge in [0.2, 0.25) is 0 Å². The maximum atomic E-state index is 13.7. The van der Waals surface area contributed by atoms with Gasteiger partial charge in [-0.1, -0.05) is 30.3 Å². The van der Waals surface area contributed by atoms with Gasteiger partial charge in [-0.2, -0.15) is 0 Å². The second kappa shape index (κ2) is 5.54. The predicted octanol–water partition coefficient (Wildman–Crippen LogP) is 4.49. The van der Waals surface area contributed by atoms with Gasteiger partial charge in [-0.15, -0.1) is 0 Å². The second-order valence-corrected chi connectivity index (χ2v) is 5.71. The molecule has 1 N–H and O–H groups in total. The van der Waals surface area contributed by atoms with Crippen molar-refractivity contribution >= 4 is 33.6 Å². The van der Waals surface area contributed by atoms with Crippen molar-refractivity contribution in [1.29, 1.82) is 0 Å². The molecule has 1 atom stereocenters. The van der Waals surface area contributed by atoms with Crippen LogP contribution in [0, 0.1) is 9.39 Å². The van der Waals surface area contributed by atoms with E-state index in [1.165, 1.54) is 6.07 Å². The molecular formula is C16H13FINO. The van der Waals surface area contributed by atoms with Crippen LogP contribution < -0.4 is 5.32 Å². The van der Waals surface area contributed by atoms with Crippen LogP contribution >= 0.6 is 22.6 Å². The summed E-state index contributed by atoms with van der Waals surface area (Å²) < 4.78 is 20.6. The van der Waals surface area contributed by atoms with Gasteiger partial charge >= 0.3 is 0 Å². The standard InChI is InChI=1S/C16H13FINO/c1-19-15(11-6-2-3-8-13(11)18)14-9-10-5-4-7-12(17)16(10)20-14/h2-9,15,19H,1H3. The molecule has 0 radical (unpaired) electrons. The lowest BCUT2D eigenvalue weighted by Crippen LogP contribution is -2.18. The number of hydrogen-bond donors (Lipinski definition) is 1. The molecule has 102 valence electrons. The first-order valence-corrected chi connectivity index (χ1v) is 7.38. The van der Waals surface area contributed by atoms with Gasteiger partial charge in [-0.05, 0) is 53.4 Å². The molecule has 0 amide bonds. The molecule has 1 unspecified atom stereocenters. The van der Waals surface area contributed by atoms with Crippen LogP contribution in [0.15, 0.2) is 52.9 Å². The first-order valence-electron chi connectivity index (χ1n) is 6.30. The highest BCUT2D eigenvalue weighted by atomic mass is 127. The molecule has 3 rings (SSSR count). The molecule has 0 saturated heterocycles. The van der Waals surface area contributed by atoms with E-state index in [9.17, 15) is 4.39 Å². The monoisotopic (exact) mass is 381 g/mol. The average molecular weight is 381 g/mol. The van der Waals surface area contributed by atoms with Gasteiger partial charge in [0, 0.05) is 8.96 Å². The zero-order valence-electron chi connectivity index (χ0n) is 10.9. The van der Waals surface area contributed by atoms with Crippen LogP contribution in [-0.4, -0.2) is 7.05 Å². The summed E-state index contributed by atoms with van der Waals surface area (Å²) in [7, 11) is 1.87. The van der Waals surface area contributed by atoms with Crippen molar-refractivity contribution in [3.63, 3.8) is 0 Å². The Labute approximate surface area is 130 Å². The van der Waals surface area contributed by atoms with Crippen molar-refractivity contribution in [3.8, 4) is 0 Å². The number of fused-ring (bicyclic) bond motifs is 1. The molecule has 3 aromatic rings. The molecule has 1 heterocycles. The largest absolute Gasteiger partial charge is 0.456 e. The van der Waals surface area contributed by atoms with Crippen LogP contribution in [0.3, 0.4) is 0 Å². The average Bonchev–Trinajstić information content (AvgIpc) is 2.87. The zero-order chi connectivity index (χ0) is 14.1. The van der Waals surface area contributed by atoms with Crippen LogP contribution in [0.1, 0.15) is 17.4 Å². The Kier molecular flexibility index (Phi) is 3.76. The minimum Gasteiger partial charge on any atom is -0.456 e. The zero-order valence-corrected chi connectivity index (χ0v) is 13.0. The lowest BCUT2D eigenvalue weighted by atomic mass is 10.0. The summed E-state index contributed by atoms with van der Waals surface area (Å²) in [4.78, 5) is 0. The quantitative estimate of drug-likeness (QED) is 0.677. The van der Waals surface area contributed by atoms with Gasteiger partial charge in [0.1, 0.15) is 5.76 Å². The van der Waals surface area contributed by atoms with Crippen molar-refractivity contribution in [1.82, 2.24) is 5.32 Å². The molecule has 0 aliphatic carbocycles.